The zero-order valence-corrected chi connectivity index (χ0v) is 12.5. The topological polar surface area (TPSA) is 36.4 Å². The smallest absolute Gasteiger partial charge is 0.185 e. The molecule has 0 saturated heterocycles. The third-order valence-electron chi connectivity index (χ3n) is 4.08. The fourth-order valence-electron chi connectivity index (χ4n) is 2.71. The maximum atomic E-state index is 9.34. The Hall–Kier alpha value is -0.610. The van der Waals surface area contributed by atoms with Crippen LogP contribution in [-0.4, -0.2) is 23.2 Å². The molecule has 1 aromatic rings. The molecule has 4 heteroatoms. The number of nitrogens with zero attached hydrogens (tertiary/aromatic N) is 2. The zero-order valence-electron chi connectivity index (χ0n) is 11.6. The van der Waals surface area contributed by atoms with Gasteiger partial charge in [0.15, 0.2) is 5.13 Å². The van der Waals surface area contributed by atoms with E-state index in [0.717, 1.165) is 28.0 Å². The zero-order chi connectivity index (χ0) is 13.1. The molecule has 0 amide bonds. The van der Waals surface area contributed by atoms with Gasteiger partial charge in [-0.2, -0.15) is 0 Å². The Labute approximate surface area is 114 Å². The summed E-state index contributed by atoms with van der Waals surface area (Å²) in [6.45, 7) is 4.56. The van der Waals surface area contributed by atoms with Crippen molar-refractivity contribution < 1.29 is 5.11 Å². The first-order valence-corrected chi connectivity index (χ1v) is 7.79. The van der Waals surface area contributed by atoms with Crippen LogP contribution in [0.5, 0.6) is 0 Å². The highest BCUT2D eigenvalue weighted by molar-refractivity contribution is 7.15. The Morgan fingerprint density at radius 1 is 1.33 bits per heavy atom. The summed E-state index contributed by atoms with van der Waals surface area (Å²) in [5.41, 5.74) is 1.06. The average Bonchev–Trinajstić information content (AvgIpc) is 2.82. The van der Waals surface area contributed by atoms with Crippen molar-refractivity contribution in [1.29, 1.82) is 0 Å². The van der Waals surface area contributed by atoms with Crippen molar-refractivity contribution in [3.63, 3.8) is 0 Å². The molecule has 1 aromatic heterocycles. The predicted octanol–water partition coefficient (Wildman–Crippen LogP) is 3.21. The van der Waals surface area contributed by atoms with Crippen LogP contribution >= 0.6 is 11.3 Å². The molecule has 1 heterocycles. The monoisotopic (exact) mass is 268 g/mol. The van der Waals surface area contributed by atoms with Crippen molar-refractivity contribution in [2.24, 2.45) is 5.92 Å². The maximum absolute atomic E-state index is 9.34. The van der Waals surface area contributed by atoms with Crippen LogP contribution < -0.4 is 4.90 Å². The second-order valence-corrected chi connectivity index (χ2v) is 6.46. The van der Waals surface area contributed by atoms with Gasteiger partial charge in [-0.05, 0) is 38.0 Å². The van der Waals surface area contributed by atoms with Crippen LogP contribution in [0.3, 0.4) is 0 Å². The molecule has 2 rings (SSSR count). The van der Waals surface area contributed by atoms with E-state index in [2.05, 4.69) is 30.8 Å². The van der Waals surface area contributed by atoms with E-state index in [1.54, 1.807) is 11.3 Å². The molecule has 1 N–H and O–H groups in total. The van der Waals surface area contributed by atoms with Crippen molar-refractivity contribution in [2.45, 2.75) is 58.6 Å². The minimum absolute atomic E-state index is 0.121. The Morgan fingerprint density at radius 2 is 2.00 bits per heavy atom. The lowest BCUT2D eigenvalue weighted by atomic mass is 9.87. The van der Waals surface area contributed by atoms with Crippen LogP contribution in [0.15, 0.2) is 0 Å². The lowest BCUT2D eigenvalue weighted by Crippen LogP contribution is -2.34. The lowest BCUT2D eigenvalue weighted by molar-refractivity contribution is 0.284. The van der Waals surface area contributed by atoms with Gasteiger partial charge in [0.2, 0.25) is 0 Å². The van der Waals surface area contributed by atoms with E-state index in [9.17, 15) is 5.11 Å². The van der Waals surface area contributed by atoms with Crippen molar-refractivity contribution in [3.8, 4) is 0 Å². The predicted molar refractivity (Wildman–Crippen MR) is 77.2 cm³/mol. The van der Waals surface area contributed by atoms with E-state index in [-0.39, 0.29) is 6.61 Å². The van der Waals surface area contributed by atoms with Crippen molar-refractivity contribution in [3.05, 3.63) is 10.6 Å². The van der Waals surface area contributed by atoms with Gasteiger partial charge >= 0.3 is 0 Å². The minimum atomic E-state index is 0.121. The molecule has 1 fully saturated rings. The Bertz CT molecular complexity index is 362. The molecule has 0 unspecified atom stereocenters. The number of aryl methyl sites for hydroxylation is 1. The van der Waals surface area contributed by atoms with Gasteiger partial charge in [-0.3, -0.25) is 0 Å². The van der Waals surface area contributed by atoms with E-state index in [0.29, 0.717) is 6.04 Å². The van der Waals surface area contributed by atoms with Gasteiger partial charge in [0.05, 0.1) is 17.2 Å². The largest absolute Gasteiger partial charge is 0.391 e. The number of aromatic nitrogens is 1. The van der Waals surface area contributed by atoms with Crippen LogP contribution in [0.25, 0.3) is 0 Å². The van der Waals surface area contributed by atoms with Crippen molar-refractivity contribution >= 4 is 16.5 Å². The molecule has 0 aliphatic heterocycles. The molecule has 1 aliphatic carbocycles. The van der Waals surface area contributed by atoms with Gasteiger partial charge in [0.25, 0.3) is 0 Å². The highest BCUT2D eigenvalue weighted by Gasteiger charge is 2.24. The van der Waals surface area contributed by atoms with Gasteiger partial charge in [-0.1, -0.05) is 25.2 Å². The van der Waals surface area contributed by atoms with Crippen LogP contribution in [-0.2, 0) is 13.0 Å². The summed E-state index contributed by atoms with van der Waals surface area (Å²) >= 11 is 1.65. The first kappa shape index (κ1) is 13.8. The number of aliphatic hydroxyl groups excluding tert-OH is 1. The summed E-state index contributed by atoms with van der Waals surface area (Å²) in [4.78, 5) is 8.04. The Kier molecular flexibility index (Phi) is 4.62. The number of hydrogen-bond acceptors (Lipinski definition) is 4. The van der Waals surface area contributed by atoms with Crippen molar-refractivity contribution in [1.82, 2.24) is 4.98 Å². The van der Waals surface area contributed by atoms with Crippen LogP contribution in [0, 0.1) is 5.92 Å². The lowest BCUT2D eigenvalue weighted by Gasteiger charge is -2.33. The van der Waals surface area contributed by atoms with Gasteiger partial charge in [-0.25, -0.2) is 4.98 Å². The normalized spacial score (nSPS) is 24.2. The summed E-state index contributed by atoms with van der Waals surface area (Å²) < 4.78 is 0. The summed E-state index contributed by atoms with van der Waals surface area (Å²) in [6, 6.07) is 0.628. The van der Waals surface area contributed by atoms with E-state index in [4.69, 9.17) is 0 Å². The fourth-order valence-corrected chi connectivity index (χ4v) is 3.75. The quantitative estimate of drug-likeness (QED) is 0.911. The summed E-state index contributed by atoms with van der Waals surface area (Å²) in [5.74, 6) is 0.880. The average molecular weight is 268 g/mol. The molecule has 3 nitrogen and oxygen atoms in total. The molecule has 0 atom stereocenters. The van der Waals surface area contributed by atoms with Gasteiger partial charge in [0.1, 0.15) is 0 Å². The Balaban J connectivity index is 2.08. The molecule has 18 heavy (non-hydrogen) atoms. The third kappa shape index (κ3) is 2.86. The highest BCUT2D eigenvalue weighted by atomic mass is 32.1. The van der Waals surface area contributed by atoms with Gasteiger partial charge in [-0.15, -0.1) is 0 Å². The van der Waals surface area contributed by atoms with Crippen LogP contribution in [0.2, 0.25) is 0 Å². The first-order valence-electron chi connectivity index (χ1n) is 6.98. The third-order valence-corrected chi connectivity index (χ3v) is 5.25. The molecule has 0 spiro atoms. The van der Waals surface area contributed by atoms with E-state index >= 15 is 0 Å². The molecule has 0 bridgehead atoms. The summed E-state index contributed by atoms with van der Waals surface area (Å²) in [7, 11) is 2.15. The van der Waals surface area contributed by atoms with Crippen LogP contribution in [0.1, 0.15) is 50.1 Å². The standard InChI is InChI=1S/C14H24N2OS/c1-4-12-13(9-17)18-14(15-12)16(3)11-7-5-10(2)6-8-11/h10-11,17H,4-9H2,1-3H3. The van der Waals surface area contributed by atoms with Crippen molar-refractivity contribution in [2.75, 3.05) is 11.9 Å². The summed E-state index contributed by atoms with van der Waals surface area (Å²) in [5, 5.41) is 10.4. The number of rotatable bonds is 4. The molecular weight excluding hydrogens is 244 g/mol. The van der Waals surface area contributed by atoms with E-state index in [1.807, 2.05) is 0 Å². The number of anilines is 1. The highest BCUT2D eigenvalue weighted by Crippen LogP contribution is 2.32. The maximum Gasteiger partial charge on any atom is 0.185 e. The summed E-state index contributed by atoms with van der Waals surface area (Å²) in [6.07, 6.45) is 6.10. The van der Waals surface area contributed by atoms with Crippen LogP contribution in [0.4, 0.5) is 5.13 Å². The van der Waals surface area contributed by atoms with E-state index in [1.165, 1.54) is 25.7 Å². The SMILES string of the molecule is CCc1nc(N(C)C2CCC(C)CC2)sc1CO. The molecule has 0 radical (unpaired) electrons. The molecular formula is C14H24N2OS. The molecule has 1 aliphatic rings. The Morgan fingerprint density at radius 3 is 2.50 bits per heavy atom. The number of thiazole rings is 1. The second-order valence-electron chi connectivity index (χ2n) is 5.40. The number of aliphatic hydroxyl groups is 1. The molecule has 1 saturated carbocycles. The fraction of sp³-hybridized carbons (Fsp3) is 0.786. The molecule has 102 valence electrons. The van der Waals surface area contributed by atoms with Gasteiger partial charge in [0, 0.05) is 13.1 Å². The second kappa shape index (κ2) is 6.02. The molecule has 0 aromatic carbocycles. The number of hydrogen-bond donors (Lipinski definition) is 1. The van der Waals surface area contributed by atoms with E-state index < -0.39 is 0 Å². The minimum Gasteiger partial charge on any atom is -0.391 e. The first-order chi connectivity index (χ1) is 8.65. The van der Waals surface area contributed by atoms with Gasteiger partial charge < -0.3 is 10.0 Å².